The molecule has 0 saturated heterocycles. The molecule has 9 heteroatoms. The third-order valence-corrected chi connectivity index (χ3v) is 6.56. The molecule has 0 radical (unpaired) electrons. The number of nitrogens with one attached hydrogen (secondary N) is 2. The summed E-state index contributed by atoms with van der Waals surface area (Å²) in [7, 11) is 5.45. The number of methoxy groups -OCH3 is 2. The first-order chi connectivity index (χ1) is 15.5. The molecule has 1 aliphatic carbocycles. The van der Waals surface area contributed by atoms with Gasteiger partial charge in [-0.1, -0.05) is 25.0 Å². The zero-order valence-electron chi connectivity index (χ0n) is 20.4. The molecule has 2 N–H and O–H groups in total. The maximum absolute atomic E-state index is 5.39. The Morgan fingerprint density at radius 1 is 1.12 bits per heavy atom. The number of aromatic nitrogens is 3. The van der Waals surface area contributed by atoms with Crippen LogP contribution >= 0.6 is 24.0 Å². The number of ether oxygens (including phenoxy) is 2. The van der Waals surface area contributed by atoms with E-state index in [1.165, 1.54) is 31.2 Å². The van der Waals surface area contributed by atoms with Crippen LogP contribution in [0.5, 0.6) is 5.75 Å². The molecule has 1 aromatic heterocycles. The third-order valence-electron chi connectivity index (χ3n) is 6.56. The molecule has 0 amide bonds. The number of rotatable bonds is 11. The number of guanidine groups is 1. The van der Waals surface area contributed by atoms with Crippen LogP contribution < -0.4 is 15.4 Å². The Morgan fingerprint density at radius 3 is 2.45 bits per heavy atom. The number of hydrogen-bond acceptors (Lipinski definition) is 5. The highest BCUT2D eigenvalue weighted by Crippen LogP contribution is 2.40. The van der Waals surface area contributed by atoms with Crippen molar-refractivity contribution in [3.05, 3.63) is 41.5 Å². The first kappa shape index (κ1) is 27.4. The SMILES string of the molecule is COCCC1(CNC(=NCc2nnc(C)n2C)NCCc2ccc(OC)cc2)CCCC1.I. The van der Waals surface area contributed by atoms with E-state index < -0.39 is 0 Å². The fraction of sp³-hybridized carbons (Fsp3) is 0.625. The molecule has 0 aliphatic heterocycles. The maximum Gasteiger partial charge on any atom is 0.191 e. The van der Waals surface area contributed by atoms with E-state index in [9.17, 15) is 0 Å². The average Bonchev–Trinajstić information content (AvgIpc) is 3.41. The predicted octanol–water partition coefficient (Wildman–Crippen LogP) is 3.62. The van der Waals surface area contributed by atoms with Crippen molar-refractivity contribution in [2.24, 2.45) is 17.5 Å². The van der Waals surface area contributed by atoms with Gasteiger partial charge in [0.05, 0.1) is 7.11 Å². The quantitative estimate of drug-likeness (QED) is 0.244. The van der Waals surface area contributed by atoms with Crippen LogP contribution in [0.3, 0.4) is 0 Å². The van der Waals surface area contributed by atoms with Crippen molar-refractivity contribution >= 4 is 29.9 Å². The molecule has 0 bridgehead atoms. The van der Waals surface area contributed by atoms with Crippen LogP contribution in [0.4, 0.5) is 0 Å². The smallest absolute Gasteiger partial charge is 0.191 e. The summed E-state index contributed by atoms with van der Waals surface area (Å²) < 4.78 is 12.6. The van der Waals surface area contributed by atoms with E-state index in [-0.39, 0.29) is 29.4 Å². The van der Waals surface area contributed by atoms with Crippen molar-refractivity contribution in [3.63, 3.8) is 0 Å². The van der Waals surface area contributed by atoms with Gasteiger partial charge in [0.25, 0.3) is 0 Å². The molecule has 1 saturated carbocycles. The Kier molecular flexibility index (Phi) is 11.4. The molecule has 0 atom stereocenters. The second kappa shape index (κ2) is 13.7. The van der Waals surface area contributed by atoms with Crippen LogP contribution in [0, 0.1) is 12.3 Å². The fourth-order valence-electron chi connectivity index (χ4n) is 4.26. The highest BCUT2D eigenvalue weighted by molar-refractivity contribution is 14.0. The second-order valence-electron chi connectivity index (χ2n) is 8.72. The van der Waals surface area contributed by atoms with Gasteiger partial charge < -0.3 is 24.7 Å². The van der Waals surface area contributed by atoms with Crippen molar-refractivity contribution in [1.82, 2.24) is 25.4 Å². The summed E-state index contributed by atoms with van der Waals surface area (Å²) in [6.45, 7) is 4.94. The molecule has 2 aromatic rings. The van der Waals surface area contributed by atoms with E-state index in [4.69, 9.17) is 14.5 Å². The minimum absolute atomic E-state index is 0. The molecular weight excluding hydrogens is 531 g/mol. The highest BCUT2D eigenvalue weighted by Gasteiger charge is 2.33. The van der Waals surface area contributed by atoms with Crippen molar-refractivity contribution in [3.8, 4) is 5.75 Å². The summed E-state index contributed by atoms with van der Waals surface area (Å²) in [6.07, 6.45) is 7.05. The van der Waals surface area contributed by atoms with Crippen LogP contribution in [-0.2, 0) is 24.8 Å². The van der Waals surface area contributed by atoms with Gasteiger partial charge in [0.1, 0.15) is 18.1 Å². The summed E-state index contributed by atoms with van der Waals surface area (Å²) in [4.78, 5) is 4.82. The lowest BCUT2D eigenvalue weighted by Gasteiger charge is -2.30. The minimum Gasteiger partial charge on any atom is -0.497 e. The van der Waals surface area contributed by atoms with Gasteiger partial charge in [-0.15, -0.1) is 34.2 Å². The lowest BCUT2D eigenvalue weighted by Crippen LogP contribution is -2.44. The number of nitrogens with zero attached hydrogens (tertiary/aromatic N) is 4. The summed E-state index contributed by atoms with van der Waals surface area (Å²) in [5.41, 5.74) is 1.55. The van der Waals surface area contributed by atoms with Gasteiger partial charge in [-0.2, -0.15) is 0 Å². The van der Waals surface area contributed by atoms with Crippen LogP contribution in [0.1, 0.15) is 49.3 Å². The third kappa shape index (κ3) is 8.13. The summed E-state index contributed by atoms with van der Waals surface area (Å²) in [5, 5.41) is 15.5. The molecule has 33 heavy (non-hydrogen) atoms. The van der Waals surface area contributed by atoms with E-state index in [1.54, 1.807) is 14.2 Å². The van der Waals surface area contributed by atoms with Crippen molar-refractivity contribution < 1.29 is 9.47 Å². The molecule has 1 fully saturated rings. The van der Waals surface area contributed by atoms with Gasteiger partial charge in [-0.05, 0) is 55.7 Å². The fourth-order valence-corrected chi connectivity index (χ4v) is 4.26. The average molecular weight is 571 g/mol. The van der Waals surface area contributed by atoms with Crippen LogP contribution in [-0.4, -0.2) is 54.6 Å². The van der Waals surface area contributed by atoms with Crippen molar-refractivity contribution in [2.45, 2.75) is 52.0 Å². The molecule has 1 heterocycles. The van der Waals surface area contributed by atoms with Gasteiger partial charge in [-0.3, -0.25) is 0 Å². The van der Waals surface area contributed by atoms with E-state index in [1.807, 2.05) is 30.7 Å². The Bertz CT molecular complexity index is 862. The van der Waals surface area contributed by atoms with Crippen molar-refractivity contribution in [1.29, 1.82) is 0 Å². The first-order valence-corrected chi connectivity index (χ1v) is 11.5. The van der Waals surface area contributed by atoms with E-state index in [2.05, 4.69) is 33.0 Å². The van der Waals surface area contributed by atoms with E-state index >= 15 is 0 Å². The Hall–Kier alpha value is -1.88. The van der Waals surface area contributed by atoms with E-state index in [0.29, 0.717) is 6.54 Å². The number of aliphatic imine (C=N–C) groups is 1. The Labute approximate surface area is 215 Å². The molecule has 0 spiro atoms. The molecular formula is C24H39IN6O2. The molecule has 8 nitrogen and oxygen atoms in total. The first-order valence-electron chi connectivity index (χ1n) is 11.5. The lowest BCUT2D eigenvalue weighted by atomic mass is 9.83. The zero-order valence-corrected chi connectivity index (χ0v) is 22.7. The largest absolute Gasteiger partial charge is 0.497 e. The molecule has 1 aromatic carbocycles. The van der Waals surface area contributed by atoms with Gasteiger partial charge in [0, 0.05) is 33.9 Å². The van der Waals surface area contributed by atoms with Gasteiger partial charge >= 0.3 is 0 Å². The number of aryl methyl sites for hydroxylation is 1. The molecule has 184 valence electrons. The van der Waals surface area contributed by atoms with Crippen molar-refractivity contribution in [2.75, 3.05) is 33.9 Å². The Morgan fingerprint density at radius 2 is 1.85 bits per heavy atom. The molecule has 0 unspecified atom stereocenters. The lowest BCUT2D eigenvalue weighted by molar-refractivity contribution is 0.138. The number of benzene rings is 1. The second-order valence-corrected chi connectivity index (χ2v) is 8.72. The number of halogens is 1. The normalized spacial score (nSPS) is 15.2. The highest BCUT2D eigenvalue weighted by atomic mass is 127. The van der Waals surface area contributed by atoms with Crippen LogP contribution in [0.25, 0.3) is 0 Å². The standard InChI is InChI=1S/C24H38N6O2.HI/c1-19-28-29-22(30(19)2)17-26-23(25-15-11-20-7-9-21(32-4)10-8-20)27-18-24(14-16-31-3)12-5-6-13-24;/h7-10H,5-6,11-18H2,1-4H3,(H2,25,26,27);1H. The zero-order chi connectivity index (χ0) is 22.8. The maximum atomic E-state index is 5.39. The predicted molar refractivity (Wildman–Crippen MR) is 142 cm³/mol. The monoisotopic (exact) mass is 570 g/mol. The topological polar surface area (TPSA) is 85.6 Å². The Balaban J connectivity index is 0.00000385. The summed E-state index contributed by atoms with van der Waals surface area (Å²) in [5.74, 6) is 3.45. The molecule has 1 aliphatic rings. The van der Waals surface area contributed by atoms with Crippen LogP contribution in [0.15, 0.2) is 29.3 Å². The van der Waals surface area contributed by atoms with Gasteiger partial charge in [0.2, 0.25) is 0 Å². The molecule has 3 rings (SSSR count). The summed E-state index contributed by atoms with van der Waals surface area (Å²) in [6, 6.07) is 8.20. The van der Waals surface area contributed by atoms with E-state index in [0.717, 1.165) is 55.9 Å². The number of hydrogen-bond donors (Lipinski definition) is 2. The van der Waals surface area contributed by atoms with Gasteiger partial charge in [0.15, 0.2) is 11.8 Å². The van der Waals surface area contributed by atoms with Gasteiger partial charge in [-0.25, -0.2) is 4.99 Å². The summed E-state index contributed by atoms with van der Waals surface area (Å²) >= 11 is 0. The minimum atomic E-state index is 0. The van der Waals surface area contributed by atoms with Crippen LogP contribution in [0.2, 0.25) is 0 Å².